The molecule has 0 aliphatic heterocycles. The van der Waals surface area contributed by atoms with E-state index >= 15 is 0 Å². The zero-order valence-corrected chi connectivity index (χ0v) is 18.2. The number of hydrogen-bond acceptors (Lipinski definition) is 5. The first-order valence-electron chi connectivity index (χ1n) is 11.1. The molecule has 6 nitrogen and oxygen atoms in total. The molecule has 0 spiro atoms. The van der Waals surface area contributed by atoms with E-state index < -0.39 is 5.97 Å². The summed E-state index contributed by atoms with van der Waals surface area (Å²) in [6, 6.07) is 4.93. The van der Waals surface area contributed by atoms with Crippen LogP contribution >= 0.6 is 0 Å². The maximum absolute atomic E-state index is 12.6. The Balaban J connectivity index is 1.31. The van der Waals surface area contributed by atoms with Crippen LogP contribution in [0.1, 0.15) is 62.7 Å². The van der Waals surface area contributed by atoms with Gasteiger partial charge in [-0.25, -0.2) is 4.79 Å². The van der Waals surface area contributed by atoms with Crippen molar-refractivity contribution in [3.05, 3.63) is 23.8 Å². The van der Waals surface area contributed by atoms with E-state index in [1.165, 1.54) is 26.4 Å². The summed E-state index contributed by atoms with van der Waals surface area (Å²) in [5.74, 6) is 2.96. The Labute approximate surface area is 178 Å². The Morgan fingerprint density at radius 3 is 2.27 bits per heavy atom. The standard InChI is InChI=1S/C24H33NO5/c1-15(2)13-29-20-5-4-19(9-21(20)28-3)23(27)30-14-22(26)25-24-10-16-6-17(11-24)8-18(7-16)12-24/h4-5,9,15-18H,6-8,10-14H2,1-3H3,(H,25,26). The second-order valence-electron chi connectivity index (χ2n) is 9.89. The van der Waals surface area contributed by atoms with Crippen LogP contribution in [0.2, 0.25) is 0 Å². The molecule has 30 heavy (non-hydrogen) atoms. The average molecular weight is 416 g/mol. The van der Waals surface area contributed by atoms with E-state index in [0.29, 0.717) is 29.6 Å². The van der Waals surface area contributed by atoms with Gasteiger partial charge in [-0.2, -0.15) is 0 Å². The molecule has 0 radical (unpaired) electrons. The summed E-state index contributed by atoms with van der Waals surface area (Å²) in [7, 11) is 1.53. The monoisotopic (exact) mass is 415 g/mol. The number of methoxy groups -OCH3 is 1. The number of hydrogen-bond donors (Lipinski definition) is 1. The highest BCUT2D eigenvalue weighted by Crippen LogP contribution is 2.55. The Morgan fingerprint density at radius 1 is 1.07 bits per heavy atom. The fourth-order valence-corrected chi connectivity index (χ4v) is 5.98. The van der Waals surface area contributed by atoms with Crippen molar-refractivity contribution >= 4 is 11.9 Å². The first-order chi connectivity index (χ1) is 14.4. The van der Waals surface area contributed by atoms with E-state index in [2.05, 4.69) is 19.2 Å². The molecule has 1 aromatic carbocycles. The predicted octanol–water partition coefficient (Wildman–Crippen LogP) is 3.97. The van der Waals surface area contributed by atoms with E-state index in [4.69, 9.17) is 14.2 Å². The van der Waals surface area contributed by atoms with E-state index in [9.17, 15) is 9.59 Å². The molecule has 1 N–H and O–H groups in total. The van der Waals surface area contributed by atoms with Gasteiger partial charge in [-0.3, -0.25) is 4.79 Å². The number of rotatable bonds is 8. The summed E-state index contributed by atoms with van der Waals surface area (Å²) >= 11 is 0. The van der Waals surface area contributed by atoms with Crippen LogP contribution < -0.4 is 14.8 Å². The first kappa shape index (κ1) is 21.0. The molecule has 6 heteroatoms. The molecule has 1 aromatic rings. The molecule has 4 saturated carbocycles. The lowest BCUT2D eigenvalue weighted by Crippen LogP contribution is -2.60. The zero-order chi connectivity index (χ0) is 21.3. The smallest absolute Gasteiger partial charge is 0.338 e. The Hall–Kier alpha value is -2.24. The van der Waals surface area contributed by atoms with Gasteiger partial charge >= 0.3 is 5.97 Å². The van der Waals surface area contributed by atoms with E-state index in [1.807, 2.05) is 0 Å². The summed E-state index contributed by atoms with van der Waals surface area (Å²) in [6.07, 6.45) is 7.20. The lowest BCUT2D eigenvalue weighted by atomic mass is 9.53. The predicted molar refractivity (Wildman–Crippen MR) is 113 cm³/mol. The highest BCUT2D eigenvalue weighted by Gasteiger charge is 2.51. The fraction of sp³-hybridized carbons (Fsp3) is 0.667. The topological polar surface area (TPSA) is 73.9 Å². The summed E-state index contributed by atoms with van der Waals surface area (Å²) in [5.41, 5.74) is 0.267. The molecule has 4 aliphatic rings. The summed E-state index contributed by atoms with van der Waals surface area (Å²) in [6.45, 7) is 4.43. The second kappa shape index (κ2) is 8.48. The van der Waals surface area contributed by atoms with Gasteiger partial charge in [0.05, 0.1) is 19.3 Å². The van der Waals surface area contributed by atoms with E-state index in [1.54, 1.807) is 18.2 Å². The molecule has 5 rings (SSSR count). The lowest BCUT2D eigenvalue weighted by molar-refractivity contribution is -0.130. The van der Waals surface area contributed by atoms with Crippen molar-refractivity contribution in [3.8, 4) is 11.5 Å². The Bertz CT molecular complexity index is 768. The van der Waals surface area contributed by atoms with Crippen LogP contribution in [0, 0.1) is 23.7 Å². The number of ether oxygens (including phenoxy) is 3. The molecule has 0 heterocycles. The highest BCUT2D eigenvalue weighted by atomic mass is 16.5. The van der Waals surface area contributed by atoms with Crippen molar-refractivity contribution in [2.24, 2.45) is 23.7 Å². The third kappa shape index (κ3) is 4.57. The molecule has 0 unspecified atom stereocenters. The van der Waals surface area contributed by atoms with Crippen molar-refractivity contribution in [1.29, 1.82) is 0 Å². The molecule has 4 bridgehead atoms. The quantitative estimate of drug-likeness (QED) is 0.651. The molecular weight excluding hydrogens is 382 g/mol. The minimum Gasteiger partial charge on any atom is -0.493 e. The SMILES string of the molecule is COc1cc(C(=O)OCC(=O)NC23CC4CC(CC(C4)C2)C3)ccc1OCC(C)C. The number of carbonyl (C=O) groups is 2. The molecule has 4 fully saturated rings. The van der Waals surface area contributed by atoms with Gasteiger partial charge in [0.25, 0.3) is 5.91 Å². The molecule has 4 aliphatic carbocycles. The first-order valence-corrected chi connectivity index (χ1v) is 11.1. The number of carbonyl (C=O) groups excluding carboxylic acids is 2. The third-order valence-electron chi connectivity index (χ3n) is 6.75. The van der Waals surface area contributed by atoms with E-state index in [0.717, 1.165) is 37.0 Å². The number of esters is 1. The zero-order valence-electron chi connectivity index (χ0n) is 18.2. The summed E-state index contributed by atoms with van der Waals surface area (Å²) in [4.78, 5) is 25.0. The van der Waals surface area contributed by atoms with Crippen molar-refractivity contribution < 1.29 is 23.8 Å². The molecule has 0 aromatic heterocycles. The van der Waals surface area contributed by atoms with Gasteiger partial charge in [0.15, 0.2) is 18.1 Å². The summed E-state index contributed by atoms with van der Waals surface area (Å²) in [5, 5.41) is 3.23. The maximum atomic E-state index is 12.6. The van der Waals surface area contributed by atoms with Gasteiger partial charge in [0.1, 0.15) is 0 Å². The second-order valence-corrected chi connectivity index (χ2v) is 9.89. The number of amides is 1. The van der Waals surface area contributed by atoms with Crippen LogP contribution in [0.15, 0.2) is 18.2 Å². The van der Waals surface area contributed by atoms with Crippen molar-refractivity contribution in [2.75, 3.05) is 20.3 Å². The van der Waals surface area contributed by atoms with Gasteiger partial charge in [-0.1, -0.05) is 13.8 Å². The minimum absolute atomic E-state index is 0.0726. The highest BCUT2D eigenvalue weighted by molar-refractivity contribution is 5.92. The fourth-order valence-electron chi connectivity index (χ4n) is 5.98. The normalized spacial score (nSPS) is 29.0. The van der Waals surface area contributed by atoms with Crippen LogP contribution in [-0.2, 0) is 9.53 Å². The van der Waals surface area contributed by atoms with Crippen molar-refractivity contribution in [3.63, 3.8) is 0 Å². The van der Waals surface area contributed by atoms with Crippen LogP contribution in [0.5, 0.6) is 11.5 Å². The number of benzene rings is 1. The number of nitrogens with one attached hydrogen (secondary N) is 1. The Morgan fingerprint density at radius 2 is 1.70 bits per heavy atom. The van der Waals surface area contributed by atoms with Crippen molar-refractivity contribution in [2.45, 2.75) is 57.9 Å². The third-order valence-corrected chi connectivity index (χ3v) is 6.75. The van der Waals surface area contributed by atoms with Gasteiger partial charge in [0.2, 0.25) is 0 Å². The Kier molecular flexibility index (Phi) is 5.94. The van der Waals surface area contributed by atoms with E-state index in [-0.39, 0.29) is 18.1 Å². The summed E-state index contributed by atoms with van der Waals surface area (Å²) < 4.78 is 16.4. The van der Waals surface area contributed by atoms with Gasteiger partial charge in [-0.05, 0) is 80.4 Å². The lowest BCUT2D eigenvalue weighted by Gasteiger charge is -2.56. The van der Waals surface area contributed by atoms with Gasteiger partial charge in [0, 0.05) is 5.54 Å². The largest absolute Gasteiger partial charge is 0.493 e. The van der Waals surface area contributed by atoms with Crippen LogP contribution in [0.25, 0.3) is 0 Å². The van der Waals surface area contributed by atoms with Gasteiger partial charge < -0.3 is 19.5 Å². The molecule has 0 saturated heterocycles. The molecule has 1 amide bonds. The molecule has 164 valence electrons. The van der Waals surface area contributed by atoms with Crippen LogP contribution in [0.3, 0.4) is 0 Å². The molecular formula is C24H33NO5. The maximum Gasteiger partial charge on any atom is 0.338 e. The average Bonchev–Trinajstić information content (AvgIpc) is 2.68. The van der Waals surface area contributed by atoms with Crippen molar-refractivity contribution in [1.82, 2.24) is 5.32 Å². The molecule has 0 atom stereocenters. The minimum atomic E-state index is -0.538. The van der Waals surface area contributed by atoms with Gasteiger partial charge in [-0.15, -0.1) is 0 Å². The van der Waals surface area contributed by atoms with Crippen LogP contribution in [0.4, 0.5) is 0 Å². The van der Waals surface area contributed by atoms with Crippen LogP contribution in [-0.4, -0.2) is 37.7 Å².